The quantitative estimate of drug-likeness (QED) is 0.168. The Morgan fingerprint density at radius 3 is 1.42 bits per heavy atom. The van der Waals surface area contributed by atoms with Gasteiger partial charge in [0.15, 0.2) is 0 Å². The van der Waals surface area contributed by atoms with Crippen LogP contribution in [0, 0.1) is 0 Å². The lowest BCUT2D eigenvalue weighted by atomic mass is 10.0. The van der Waals surface area contributed by atoms with E-state index in [1.807, 2.05) is 6.08 Å². The van der Waals surface area contributed by atoms with E-state index < -0.39 is 10.1 Å². The molecule has 24 heavy (non-hydrogen) atoms. The number of hydrogen-bond acceptors (Lipinski definition) is 2. The van der Waals surface area contributed by atoms with E-state index in [4.69, 9.17) is 4.55 Å². The number of hydrogen-bond donors (Lipinski definition) is 1. The van der Waals surface area contributed by atoms with Gasteiger partial charge in [-0.25, -0.2) is 0 Å². The second kappa shape index (κ2) is 17.5. The van der Waals surface area contributed by atoms with E-state index in [9.17, 15) is 8.42 Å². The molecule has 0 unspecified atom stereocenters. The van der Waals surface area contributed by atoms with Crippen LogP contribution in [0.4, 0.5) is 0 Å². The van der Waals surface area contributed by atoms with Crippen molar-refractivity contribution in [2.75, 3.05) is 5.75 Å². The van der Waals surface area contributed by atoms with E-state index in [1.165, 1.54) is 83.5 Å². The summed E-state index contributed by atoms with van der Waals surface area (Å²) in [5.41, 5.74) is 0. The molecular formula is C20H40O3S. The lowest BCUT2D eigenvalue weighted by Crippen LogP contribution is -2.02. The summed E-state index contributed by atoms with van der Waals surface area (Å²) in [7, 11) is -3.78. The normalized spacial score (nSPS) is 12.2. The molecule has 0 aromatic heterocycles. The van der Waals surface area contributed by atoms with Gasteiger partial charge >= 0.3 is 0 Å². The van der Waals surface area contributed by atoms with Crippen LogP contribution < -0.4 is 0 Å². The van der Waals surface area contributed by atoms with E-state index in [1.54, 1.807) is 0 Å². The second-order valence-corrected chi connectivity index (χ2v) is 8.50. The number of allylic oxidation sites excluding steroid dienone is 2. The van der Waals surface area contributed by atoms with Crippen molar-refractivity contribution in [2.45, 2.75) is 110 Å². The Hall–Kier alpha value is -0.350. The van der Waals surface area contributed by atoms with Crippen LogP contribution in [0.1, 0.15) is 110 Å². The van der Waals surface area contributed by atoms with Crippen molar-refractivity contribution in [3.05, 3.63) is 12.2 Å². The van der Waals surface area contributed by atoms with Gasteiger partial charge in [0, 0.05) is 0 Å². The van der Waals surface area contributed by atoms with Crippen LogP contribution in [-0.4, -0.2) is 18.7 Å². The van der Waals surface area contributed by atoms with Gasteiger partial charge in [-0.15, -0.1) is 0 Å². The Labute approximate surface area is 151 Å². The van der Waals surface area contributed by atoms with E-state index in [-0.39, 0.29) is 5.75 Å². The van der Waals surface area contributed by atoms with Crippen molar-refractivity contribution in [3.8, 4) is 0 Å². The summed E-state index contributed by atoms with van der Waals surface area (Å²) in [6.07, 6.45) is 24.4. The molecule has 0 radical (unpaired) electrons. The monoisotopic (exact) mass is 360 g/mol. The molecule has 3 nitrogen and oxygen atoms in total. The van der Waals surface area contributed by atoms with Crippen molar-refractivity contribution in [1.29, 1.82) is 0 Å². The fourth-order valence-corrected chi connectivity index (χ4v) is 3.43. The lowest BCUT2D eigenvalue weighted by molar-refractivity contribution is 0.481. The minimum atomic E-state index is -3.78. The molecule has 144 valence electrons. The molecule has 0 saturated heterocycles. The van der Waals surface area contributed by atoms with Crippen LogP contribution >= 0.6 is 0 Å². The molecule has 0 saturated carbocycles. The summed E-state index contributed by atoms with van der Waals surface area (Å²) in [5, 5.41) is 0. The standard InChI is InChI=1S/C20H40O3S/c1-2-3-4-5-6-7-8-9-10-11-12-13-14-15-16-17-18-19-20-24(21,22)23/h16-17H,2-15,18-20H2,1H3,(H,21,22,23)/b17-16+. The first-order valence-corrected chi connectivity index (χ1v) is 11.8. The first-order valence-electron chi connectivity index (χ1n) is 10.2. The van der Waals surface area contributed by atoms with Crippen LogP contribution in [0.3, 0.4) is 0 Å². The van der Waals surface area contributed by atoms with Crippen LogP contribution in [-0.2, 0) is 10.1 Å². The molecular weight excluding hydrogens is 320 g/mol. The highest BCUT2D eigenvalue weighted by Crippen LogP contribution is 2.13. The summed E-state index contributed by atoms with van der Waals surface area (Å²) in [6.45, 7) is 2.27. The second-order valence-electron chi connectivity index (χ2n) is 6.93. The first kappa shape index (κ1) is 23.6. The van der Waals surface area contributed by atoms with Gasteiger partial charge < -0.3 is 0 Å². The van der Waals surface area contributed by atoms with Crippen LogP contribution in [0.25, 0.3) is 0 Å². The maximum atomic E-state index is 10.5. The van der Waals surface area contributed by atoms with Gasteiger partial charge in [0.1, 0.15) is 0 Å². The molecule has 0 fully saturated rings. The van der Waals surface area contributed by atoms with Crippen LogP contribution in [0.5, 0.6) is 0 Å². The Bertz CT molecular complexity index is 374. The van der Waals surface area contributed by atoms with Gasteiger partial charge in [-0.2, -0.15) is 8.42 Å². The third-order valence-electron chi connectivity index (χ3n) is 4.41. The minimum Gasteiger partial charge on any atom is -0.286 e. The topological polar surface area (TPSA) is 54.4 Å². The van der Waals surface area contributed by atoms with Gasteiger partial charge in [-0.3, -0.25) is 4.55 Å². The lowest BCUT2D eigenvalue weighted by Gasteiger charge is -2.02. The highest BCUT2D eigenvalue weighted by Gasteiger charge is 2.01. The van der Waals surface area contributed by atoms with Gasteiger partial charge in [0.25, 0.3) is 10.1 Å². The highest BCUT2D eigenvalue weighted by molar-refractivity contribution is 7.85. The van der Waals surface area contributed by atoms with E-state index in [0.717, 1.165) is 12.8 Å². The molecule has 0 spiro atoms. The molecule has 1 N–H and O–H groups in total. The average Bonchev–Trinajstić information content (AvgIpc) is 2.52. The van der Waals surface area contributed by atoms with Crippen molar-refractivity contribution in [1.82, 2.24) is 0 Å². The summed E-state index contributed by atoms with van der Waals surface area (Å²) in [5.74, 6) is -0.129. The number of rotatable bonds is 18. The van der Waals surface area contributed by atoms with Crippen molar-refractivity contribution in [3.63, 3.8) is 0 Å². The van der Waals surface area contributed by atoms with Crippen molar-refractivity contribution >= 4 is 10.1 Å². The van der Waals surface area contributed by atoms with Crippen LogP contribution in [0.15, 0.2) is 12.2 Å². The third-order valence-corrected chi connectivity index (χ3v) is 5.22. The molecule has 0 bridgehead atoms. The first-order chi connectivity index (χ1) is 11.6. The molecule has 4 heteroatoms. The zero-order valence-electron chi connectivity index (χ0n) is 15.8. The van der Waals surface area contributed by atoms with E-state index in [2.05, 4.69) is 13.0 Å². The van der Waals surface area contributed by atoms with Crippen molar-refractivity contribution in [2.24, 2.45) is 0 Å². The molecule has 0 aliphatic rings. The average molecular weight is 361 g/mol. The van der Waals surface area contributed by atoms with E-state index in [0.29, 0.717) is 6.42 Å². The van der Waals surface area contributed by atoms with Crippen LogP contribution in [0.2, 0.25) is 0 Å². The summed E-state index contributed by atoms with van der Waals surface area (Å²) < 4.78 is 29.7. The van der Waals surface area contributed by atoms with Gasteiger partial charge in [-0.1, -0.05) is 96.1 Å². The molecule has 0 aliphatic carbocycles. The molecule has 0 heterocycles. The Morgan fingerprint density at radius 2 is 1.00 bits per heavy atom. The predicted molar refractivity (Wildman–Crippen MR) is 105 cm³/mol. The Balaban J connectivity index is 3.12. The zero-order chi connectivity index (χ0) is 17.9. The molecule has 0 aromatic rings. The SMILES string of the molecule is CCCCCCCCCCCCCCC/C=C/CCCS(=O)(=O)O. The summed E-state index contributed by atoms with van der Waals surface area (Å²) >= 11 is 0. The third kappa shape index (κ3) is 21.6. The maximum absolute atomic E-state index is 10.5. The molecule has 0 atom stereocenters. The zero-order valence-corrected chi connectivity index (χ0v) is 16.7. The Morgan fingerprint density at radius 1 is 0.625 bits per heavy atom. The van der Waals surface area contributed by atoms with Gasteiger partial charge in [0.2, 0.25) is 0 Å². The largest absolute Gasteiger partial charge is 0.286 e. The summed E-state index contributed by atoms with van der Waals surface area (Å²) in [4.78, 5) is 0. The van der Waals surface area contributed by atoms with Gasteiger partial charge in [-0.05, 0) is 25.7 Å². The maximum Gasteiger partial charge on any atom is 0.264 e. The predicted octanol–water partition coefficient (Wildman–Crippen LogP) is 6.69. The minimum absolute atomic E-state index is 0.129. The summed E-state index contributed by atoms with van der Waals surface area (Å²) in [6, 6.07) is 0. The molecule has 0 rings (SSSR count). The fraction of sp³-hybridized carbons (Fsp3) is 0.900. The molecule has 0 aliphatic heterocycles. The molecule has 0 aromatic carbocycles. The smallest absolute Gasteiger partial charge is 0.264 e. The highest BCUT2D eigenvalue weighted by atomic mass is 32.2. The fourth-order valence-electron chi connectivity index (χ4n) is 2.90. The number of unbranched alkanes of at least 4 members (excludes halogenated alkanes) is 14. The van der Waals surface area contributed by atoms with Crippen molar-refractivity contribution < 1.29 is 13.0 Å². The van der Waals surface area contributed by atoms with E-state index >= 15 is 0 Å². The Kier molecular flexibility index (Phi) is 17.2. The molecule has 0 amide bonds. The van der Waals surface area contributed by atoms with Gasteiger partial charge in [0.05, 0.1) is 5.75 Å².